The van der Waals surface area contributed by atoms with E-state index in [0.29, 0.717) is 25.9 Å². The van der Waals surface area contributed by atoms with Crippen molar-refractivity contribution in [2.75, 3.05) is 26.2 Å². The minimum absolute atomic E-state index is 0.0497. The van der Waals surface area contributed by atoms with E-state index < -0.39 is 0 Å². The third kappa shape index (κ3) is 4.61. The fourth-order valence-corrected chi connectivity index (χ4v) is 1.68. The standard InChI is InChI=1S/C11H21N3O2/c1-2-5-12-6-7-13-11(16)9-3-4-10(15)14-8-9/h9,12H,2-8H2,1H3,(H,13,16)(H,14,15). The Morgan fingerprint density at radius 2 is 2.25 bits per heavy atom. The van der Waals surface area contributed by atoms with Crippen LogP contribution in [0.5, 0.6) is 0 Å². The van der Waals surface area contributed by atoms with Crippen LogP contribution in [0.4, 0.5) is 0 Å². The van der Waals surface area contributed by atoms with E-state index in [1.807, 2.05) is 0 Å². The normalized spacial score (nSPS) is 20.3. The highest BCUT2D eigenvalue weighted by Gasteiger charge is 2.23. The summed E-state index contributed by atoms with van der Waals surface area (Å²) in [6, 6.07) is 0. The predicted molar refractivity (Wildman–Crippen MR) is 61.9 cm³/mol. The van der Waals surface area contributed by atoms with E-state index in [1.165, 1.54) is 0 Å². The van der Waals surface area contributed by atoms with Crippen LogP contribution in [0.25, 0.3) is 0 Å². The summed E-state index contributed by atoms with van der Waals surface area (Å²) in [5.41, 5.74) is 0. The Morgan fingerprint density at radius 3 is 2.88 bits per heavy atom. The number of amides is 2. The van der Waals surface area contributed by atoms with Crippen molar-refractivity contribution in [3.8, 4) is 0 Å². The molecule has 1 heterocycles. The van der Waals surface area contributed by atoms with Gasteiger partial charge >= 0.3 is 0 Å². The van der Waals surface area contributed by atoms with Gasteiger partial charge in [-0.05, 0) is 19.4 Å². The molecule has 5 heteroatoms. The van der Waals surface area contributed by atoms with Crippen LogP contribution in [0.3, 0.4) is 0 Å². The molecule has 0 spiro atoms. The molecule has 1 aliphatic heterocycles. The highest BCUT2D eigenvalue weighted by atomic mass is 16.2. The fraction of sp³-hybridized carbons (Fsp3) is 0.818. The molecule has 2 amide bonds. The third-order valence-corrected chi connectivity index (χ3v) is 2.66. The lowest BCUT2D eigenvalue weighted by Gasteiger charge is -2.21. The highest BCUT2D eigenvalue weighted by molar-refractivity contribution is 5.83. The zero-order chi connectivity index (χ0) is 11.8. The summed E-state index contributed by atoms with van der Waals surface area (Å²) < 4.78 is 0. The van der Waals surface area contributed by atoms with Crippen molar-refractivity contribution in [3.63, 3.8) is 0 Å². The molecule has 5 nitrogen and oxygen atoms in total. The predicted octanol–water partition coefficient (Wildman–Crippen LogP) is -0.372. The Kier molecular flexibility index (Phi) is 5.85. The summed E-state index contributed by atoms with van der Waals surface area (Å²) in [6.45, 7) is 5.03. The summed E-state index contributed by atoms with van der Waals surface area (Å²) in [5.74, 6) is 0.0517. The molecule has 0 aromatic carbocycles. The average Bonchev–Trinajstić information content (AvgIpc) is 2.29. The van der Waals surface area contributed by atoms with Gasteiger partial charge in [0.05, 0.1) is 5.92 Å². The number of carbonyl (C=O) groups excluding carboxylic acids is 2. The minimum atomic E-state index is -0.0520. The van der Waals surface area contributed by atoms with Gasteiger partial charge in [0.2, 0.25) is 11.8 Å². The molecule has 16 heavy (non-hydrogen) atoms. The van der Waals surface area contributed by atoms with Gasteiger partial charge in [-0.25, -0.2) is 0 Å². The van der Waals surface area contributed by atoms with Crippen molar-refractivity contribution in [1.29, 1.82) is 0 Å². The zero-order valence-corrected chi connectivity index (χ0v) is 9.84. The first-order valence-corrected chi connectivity index (χ1v) is 5.99. The average molecular weight is 227 g/mol. The van der Waals surface area contributed by atoms with Crippen LogP contribution in [0.2, 0.25) is 0 Å². The van der Waals surface area contributed by atoms with E-state index in [2.05, 4.69) is 22.9 Å². The second kappa shape index (κ2) is 7.22. The third-order valence-electron chi connectivity index (χ3n) is 2.66. The lowest BCUT2D eigenvalue weighted by molar-refractivity contribution is -0.128. The fourth-order valence-electron chi connectivity index (χ4n) is 1.68. The quantitative estimate of drug-likeness (QED) is 0.542. The highest BCUT2D eigenvalue weighted by Crippen LogP contribution is 2.10. The molecule has 0 aromatic heterocycles. The first kappa shape index (κ1) is 13.0. The Hall–Kier alpha value is -1.10. The van der Waals surface area contributed by atoms with Crippen molar-refractivity contribution >= 4 is 11.8 Å². The van der Waals surface area contributed by atoms with E-state index in [1.54, 1.807) is 0 Å². The Labute approximate surface area is 96.4 Å². The molecular weight excluding hydrogens is 206 g/mol. The van der Waals surface area contributed by atoms with Gasteiger partial charge < -0.3 is 16.0 Å². The van der Waals surface area contributed by atoms with Crippen molar-refractivity contribution in [2.24, 2.45) is 5.92 Å². The van der Waals surface area contributed by atoms with Crippen molar-refractivity contribution in [1.82, 2.24) is 16.0 Å². The van der Waals surface area contributed by atoms with E-state index in [4.69, 9.17) is 0 Å². The van der Waals surface area contributed by atoms with Crippen molar-refractivity contribution in [2.45, 2.75) is 26.2 Å². The molecular formula is C11H21N3O2. The Morgan fingerprint density at radius 1 is 1.44 bits per heavy atom. The number of hydrogen-bond acceptors (Lipinski definition) is 3. The molecule has 1 aliphatic rings. The van der Waals surface area contributed by atoms with E-state index in [9.17, 15) is 9.59 Å². The molecule has 0 aliphatic carbocycles. The van der Waals surface area contributed by atoms with Gasteiger partial charge in [0.25, 0.3) is 0 Å². The van der Waals surface area contributed by atoms with Crippen LogP contribution >= 0.6 is 0 Å². The molecule has 92 valence electrons. The van der Waals surface area contributed by atoms with E-state index in [-0.39, 0.29) is 17.7 Å². The number of nitrogens with one attached hydrogen (secondary N) is 3. The van der Waals surface area contributed by atoms with Crippen molar-refractivity contribution in [3.05, 3.63) is 0 Å². The summed E-state index contributed by atoms with van der Waals surface area (Å²) in [5, 5.41) is 8.80. The SMILES string of the molecule is CCCNCCNC(=O)C1CCC(=O)NC1. The van der Waals surface area contributed by atoms with Crippen LogP contribution < -0.4 is 16.0 Å². The number of piperidine rings is 1. The second-order valence-electron chi connectivity index (χ2n) is 4.08. The molecule has 1 atom stereocenters. The summed E-state index contributed by atoms with van der Waals surface area (Å²) in [4.78, 5) is 22.6. The van der Waals surface area contributed by atoms with Gasteiger partial charge in [0.15, 0.2) is 0 Å². The summed E-state index contributed by atoms with van der Waals surface area (Å²) in [7, 11) is 0. The van der Waals surface area contributed by atoms with Crippen LogP contribution in [0, 0.1) is 5.92 Å². The van der Waals surface area contributed by atoms with Crippen LogP contribution in [0.15, 0.2) is 0 Å². The molecule has 1 unspecified atom stereocenters. The number of carbonyl (C=O) groups is 2. The Balaban J connectivity index is 2.08. The van der Waals surface area contributed by atoms with Gasteiger partial charge in [0, 0.05) is 26.1 Å². The first-order valence-electron chi connectivity index (χ1n) is 5.99. The maximum Gasteiger partial charge on any atom is 0.224 e. The molecule has 1 saturated heterocycles. The minimum Gasteiger partial charge on any atom is -0.355 e. The first-order chi connectivity index (χ1) is 7.74. The number of hydrogen-bond donors (Lipinski definition) is 3. The van der Waals surface area contributed by atoms with Crippen LogP contribution in [-0.2, 0) is 9.59 Å². The van der Waals surface area contributed by atoms with Crippen molar-refractivity contribution < 1.29 is 9.59 Å². The van der Waals surface area contributed by atoms with Crippen LogP contribution in [-0.4, -0.2) is 38.0 Å². The zero-order valence-electron chi connectivity index (χ0n) is 9.84. The van der Waals surface area contributed by atoms with Gasteiger partial charge in [0.1, 0.15) is 0 Å². The van der Waals surface area contributed by atoms with Gasteiger partial charge in [-0.2, -0.15) is 0 Å². The summed E-state index contributed by atoms with van der Waals surface area (Å²) in [6.07, 6.45) is 2.23. The maximum absolute atomic E-state index is 11.6. The molecule has 0 radical (unpaired) electrons. The topological polar surface area (TPSA) is 70.2 Å². The van der Waals surface area contributed by atoms with E-state index >= 15 is 0 Å². The monoisotopic (exact) mass is 227 g/mol. The smallest absolute Gasteiger partial charge is 0.224 e. The number of rotatable bonds is 6. The molecule has 1 rings (SSSR count). The lowest BCUT2D eigenvalue weighted by atomic mass is 9.98. The van der Waals surface area contributed by atoms with E-state index in [0.717, 1.165) is 19.5 Å². The summed E-state index contributed by atoms with van der Waals surface area (Å²) >= 11 is 0. The molecule has 1 fully saturated rings. The van der Waals surface area contributed by atoms with Gasteiger partial charge in [-0.3, -0.25) is 9.59 Å². The molecule has 0 bridgehead atoms. The molecule has 0 aromatic rings. The maximum atomic E-state index is 11.6. The molecule has 3 N–H and O–H groups in total. The lowest BCUT2D eigenvalue weighted by Crippen LogP contribution is -2.44. The largest absolute Gasteiger partial charge is 0.355 e. The molecule has 0 saturated carbocycles. The Bertz CT molecular complexity index is 233. The second-order valence-corrected chi connectivity index (χ2v) is 4.08. The van der Waals surface area contributed by atoms with Gasteiger partial charge in [-0.1, -0.05) is 6.92 Å². The van der Waals surface area contributed by atoms with Crippen LogP contribution in [0.1, 0.15) is 26.2 Å². The van der Waals surface area contributed by atoms with Gasteiger partial charge in [-0.15, -0.1) is 0 Å².